The standard InChI is InChI=1S/C15H18ClNO3/c16-12-4-2-1-3-10(12)7-8-14(18)17-13(9-15(19)20)11-5-6-11/h1-4,11,13H,5-9H2,(H,17,18)(H,19,20)/t13-/m1/s1. The zero-order valence-electron chi connectivity index (χ0n) is 11.1. The first-order valence-electron chi connectivity index (χ1n) is 6.81. The van der Waals surface area contributed by atoms with Crippen molar-refractivity contribution in [2.45, 2.75) is 38.1 Å². The van der Waals surface area contributed by atoms with E-state index in [0.717, 1.165) is 18.4 Å². The van der Waals surface area contributed by atoms with Crippen LogP contribution >= 0.6 is 11.6 Å². The summed E-state index contributed by atoms with van der Waals surface area (Å²) >= 11 is 6.03. The lowest BCUT2D eigenvalue weighted by Gasteiger charge is -2.16. The van der Waals surface area contributed by atoms with E-state index >= 15 is 0 Å². The average molecular weight is 296 g/mol. The minimum atomic E-state index is -0.867. The first-order chi connectivity index (χ1) is 9.56. The lowest BCUT2D eigenvalue weighted by atomic mass is 10.1. The summed E-state index contributed by atoms with van der Waals surface area (Å²) in [7, 11) is 0. The molecule has 1 aromatic carbocycles. The fourth-order valence-electron chi connectivity index (χ4n) is 2.25. The zero-order valence-corrected chi connectivity index (χ0v) is 11.9. The third-order valence-corrected chi connectivity index (χ3v) is 3.88. The Labute approximate surface area is 123 Å². The molecule has 0 radical (unpaired) electrons. The second-order valence-corrected chi connectivity index (χ2v) is 5.61. The Hall–Kier alpha value is -1.55. The van der Waals surface area contributed by atoms with E-state index in [0.29, 0.717) is 23.8 Å². The van der Waals surface area contributed by atoms with E-state index in [1.807, 2.05) is 18.2 Å². The zero-order chi connectivity index (χ0) is 14.5. The van der Waals surface area contributed by atoms with Crippen LogP contribution in [-0.2, 0) is 16.0 Å². The number of hydrogen-bond acceptors (Lipinski definition) is 2. The Kier molecular flexibility index (Phi) is 5.01. The van der Waals surface area contributed by atoms with E-state index in [1.54, 1.807) is 6.07 Å². The summed E-state index contributed by atoms with van der Waals surface area (Å²) < 4.78 is 0. The van der Waals surface area contributed by atoms with Crippen molar-refractivity contribution >= 4 is 23.5 Å². The first kappa shape index (κ1) is 14.9. The molecule has 0 spiro atoms. The number of hydrogen-bond donors (Lipinski definition) is 2. The lowest BCUT2D eigenvalue weighted by Crippen LogP contribution is -2.38. The quantitative estimate of drug-likeness (QED) is 0.812. The van der Waals surface area contributed by atoms with Gasteiger partial charge in [-0.15, -0.1) is 0 Å². The van der Waals surface area contributed by atoms with E-state index in [4.69, 9.17) is 16.7 Å². The van der Waals surface area contributed by atoms with Crippen LogP contribution in [0.1, 0.15) is 31.2 Å². The Balaban J connectivity index is 1.82. The van der Waals surface area contributed by atoms with E-state index in [9.17, 15) is 9.59 Å². The van der Waals surface area contributed by atoms with E-state index in [2.05, 4.69) is 5.32 Å². The highest BCUT2D eigenvalue weighted by Crippen LogP contribution is 2.34. The molecule has 0 heterocycles. The highest BCUT2D eigenvalue weighted by molar-refractivity contribution is 6.31. The van der Waals surface area contributed by atoms with E-state index < -0.39 is 5.97 Å². The third kappa shape index (κ3) is 4.53. The summed E-state index contributed by atoms with van der Waals surface area (Å²) in [4.78, 5) is 22.7. The van der Waals surface area contributed by atoms with Crippen molar-refractivity contribution in [3.05, 3.63) is 34.9 Å². The van der Waals surface area contributed by atoms with Crippen molar-refractivity contribution in [1.29, 1.82) is 0 Å². The van der Waals surface area contributed by atoms with Crippen molar-refractivity contribution < 1.29 is 14.7 Å². The Morgan fingerprint density at radius 3 is 2.65 bits per heavy atom. The van der Waals surface area contributed by atoms with Crippen LogP contribution in [0.2, 0.25) is 5.02 Å². The van der Waals surface area contributed by atoms with Crippen LogP contribution in [0.3, 0.4) is 0 Å². The predicted octanol–water partition coefficient (Wildman–Crippen LogP) is 2.64. The smallest absolute Gasteiger partial charge is 0.305 e. The van der Waals surface area contributed by atoms with Gasteiger partial charge in [-0.1, -0.05) is 29.8 Å². The van der Waals surface area contributed by atoms with E-state index in [1.165, 1.54) is 0 Å². The normalized spacial score (nSPS) is 15.7. The number of aliphatic carboxylic acids is 1. The van der Waals surface area contributed by atoms with Crippen LogP contribution in [0.15, 0.2) is 24.3 Å². The number of carbonyl (C=O) groups is 2. The maximum absolute atomic E-state index is 11.9. The van der Waals surface area contributed by atoms with Gasteiger partial charge in [0, 0.05) is 17.5 Å². The van der Waals surface area contributed by atoms with Gasteiger partial charge in [-0.25, -0.2) is 0 Å². The molecule has 1 atom stereocenters. The summed E-state index contributed by atoms with van der Waals surface area (Å²) in [6.07, 6.45) is 2.90. The molecule has 1 aliphatic carbocycles. The van der Waals surface area contributed by atoms with Crippen LogP contribution in [-0.4, -0.2) is 23.0 Å². The van der Waals surface area contributed by atoms with Crippen molar-refractivity contribution in [2.24, 2.45) is 5.92 Å². The molecule has 1 fully saturated rings. The van der Waals surface area contributed by atoms with Crippen LogP contribution < -0.4 is 5.32 Å². The van der Waals surface area contributed by atoms with Gasteiger partial charge in [0.25, 0.3) is 0 Å². The van der Waals surface area contributed by atoms with Gasteiger partial charge < -0.3 is 10.4 Å². The van der Waals surface area contributed by atoms with Crippen LogP contribution in [0.25, 0.3) is 0 Å². The third-order valence-electron chi connectivity index (χ3n) is 3.51. The molecule has 1 aromatic rings. The number of nitrogens with one attached hydrogen (secondary N) is 1. The molecule has 0 bridgehead atoms. The molecule has 0 saturated heterocycles. The van der Waals surface area contributed by atoms with Gasteiger partial charge in [-0.2, -0.15) is 0 Å². The summed E-state index contributed by atoms with van der Waals surface area (Å²) in [6, 6.07) is 7.20. The fourth-order valence-corrected chi connectivity index (χ4v) is 2.48. The Bertz CT molecular complexity index is 500. The second-order valence-electron chi connectivity index (χ2n) is 5.20. The van der Waals surface area contributed by atoms with Crippen molar-refractivity contribution in [3.63, 3.8) is 0 Å². The number of aryl methyl sites for hydroxylation is 1. The molecule has 0 unspecified atom stereocenters. The summed E-state index contributed by atoms with van der Waals surface area (Å²) in [5.41, 5.74) is 0.936. The molecule has 0 aliphatic heterocycles. The number of benzene rings is 1. The van der Waals surface area contributed by atoms with Crippen LogP contribution in [0.5, 0.6) is 0 Å². The van der Waals surface area contributed by atoms with Crippen molar-refractivity contribution in [1.82, 2.24) is 5.32 Å². The molecule has 1 aliphatic rings. The molecule has 108 valence electrons. The van der Waals surface area contributed by atoms with Gasteiger partial charge in [0.1, 0.15) is 0 Å². The summed E-state index contributed by atoms with van der Waals surface area (Å²) in [5, 5.41) is 12.3. The Morgan fingerprint density at radius 1 is 1.35 bits per heavy atom. The molecule has 2 rings (SSSR count). The first-order valence-corrected chi connectivity index (χ1v) is 7.18. The molecule has 2 N–H and O–H groups in total. The van der Waals surface area contributed by atoms with Gasteiger partial charge in [0.15, 0.2) is 0 Å². The van der Waals surface area contributed by atoms with Crippen LogP contribution in [0, 0.1) is 5.92 Å². The molecular weight excluding hydrogens is 278 g/mol. The highest BCUT2D eigenvalue weighted by Gasteiger charge is 2.33. The largest absolute Gasteiger partial charge is 0.481 e. The highest BCUT2D eigenvalue weighted by atomic mass is 35.5. The summed E-state index contributed by atoms with van der Waals surface area (Å²) in [6.45, 7) is 0. The Morgan fingerprint density at radius 2 is 2.05 bits per heavy atom. The molecule has 0 aromatic heterocycles. The van der Waals surface area contributed by atoms with E-state index in [-0.39, 0.29) is 18.4 Å². The average Bonchev–Trinajstić information content (AvgIpc) is 3.21. The molecule has 4 nitrogen and oxygen atoms in total. The number of rotatable bonds is 7. The minimum Gasteiger partial charge on any atom is -0.481 e. The molecule has 1 saturated carbocycles. The van der Waals surface area contributed by atoms with Crippen molar-refractivity contribution in [2.75, 3.05) is 0 Å². The van der Waals surface area contributed by atoms with Gasteiger partial charge in [0.05, 0.1) is 6.42 Å². The number of carbonyl (C=O) groups excluding carboxylic acids is 1. The fraction of sp³-hybridized carbons (Fsp3) is 0.467. The summed E-state index contributed by atoms with van der Waals surface area (Å²) in [5.74, 6) is -0.647. The monoisotopic (exact) mass is 295 g/mol. The van der Waals surface area contributed by atoms with Gasteiger partial charge in [-0.3, -0.25) is 9.59 Å². The lowest BCUT2D eigenvalue weighted by molar-refractivity contribution is -0.137. The maximum atomic E-state index is 11.9. The minimum absolute atomic E-state index is 0.00248. The molecule has 20 heavy (non-hydrogen) atoms. The predicted molar refractivity (Wildman–Crippen MR) is 76.7 cm³/mol. The van der Waals surface area contributed by atoms with Gasteiger partial charge >= 0.3 is 5.97 Å². The number of carboxylic acid groups (broad SMARTS) is 1. The number of carboxylic acids is 1. The van der Waals surface area contributed by atoms with Gasteiger partial charge in [0.2, 0.25) is 5.91 Å². The topological polar surface area (TPSA) is 66.4 Å². The number of halogens is 1. The molecule has 1 amide bonds. The molecular formula is C15H18ClNO3. The number of amides is 1. The SMILES string of the molecule is O=C(O)C[C@@H](NC(=O)CCc1ccccc1Cl)C1CC1. The molecule has 5 heteroatoms. The van der Waals surface area contributed by atoms with Crippen LogP contribution in [0.4, 0.5) is 0 Å². The maximum Gasteiger partial charge on any atom is 0.305 e. The van der Waals surface area contributed by atoms with Gasteiger partial charge in [-0.05, 0) is 36.8 Å². The van der Waals surface area contributed by atoms with Crippen molar-refractivity contribution in [3.8, 4) is 0 Å². The second kappa shape index (κ2) is 6.75.